The van der Waals surface area contributed by atoms with Crippen molar-refractivity contribution >= 4 is 12.2 Å². The molecule has 8 heteroatoms. The van der Waals surface area contributed by atoms with Crippen LogP contribution in [0.3, 0.4) is 0 Å². The lowest BCUT2D eigenvalue weighted by molar-refractivity contribution is 0.193. The Labute approximate surface area is 55.7 Å². The second-order valence-corrected chi connectivity index (χ2v) is 0.899. The largest absolute Gasteiger partial charge is 0.464 e. The van der Waals surface area contributed by atoms with E-state index in [2.05, 4.69) is 11.7 Å². The van der Waals surface area contributed by atoms with Crippen molar-refractivity contribution in [2.75, 3.05) is 0 Å². The highest BCUT2D eigenvalue weighted by Crippen LogP contribution is 1.43. The smallest absolute Gasteiger partial charge is 0.418 e. The first-order chi connectivity index (χ1) is 4.54. The Morgan fingerprint density at radius 1 is 1.00 bits per heavy atom. The standard InChI is InChI=1S/2CH4N2O2/c2*2-3-1(4)5/h2*3H,2H2,(H,4,5). The molecule has 0 aromatic carbocycles. The summed E-state index contributed by atoms with van der Waals surface area (Å²) in [6.45, 7) is 0. The number of amides is 2. The van der Waals surface area contributed by atoms with Crippen molar-refractivity contribution in [2.45, 2.75) is 0 Å². The minimum Gasteiger partial charge on any atom is -0.464 e. The molecule has 0 atom stereocenters. The SMILES string of the molecule is NNC(=O)O.NNC(=O)O. The van der Waals surface area contributed by atoms with Crippen molar-refractivity contribution in [3.05, 3.63) is 0 Å². The van der Waals surface area contributed by atoms with Gasteiger partial charge in [0.05, 0.1) is 0 Å². The lowest BCUT2D eigenvalue weighted by Gasteiger charge is -1.79. The Morgan fingerprint density at radius 3 is 1.10 bits per heavy atom. The second kappa shape index (κ2) is 7.46. The lowest BCUT2D eigenvalue weighted by atomic mass is 11.3. The van der Waals surface area contributed by atoms with Crippen LogP contribution in [0.1, 0.15) is 0 Å². The number of nitrogens with one attached hydrogen (secondary N) is 2. The summed E-state index contributed by atoms with van der Waals surface area (Å²) in [5, 5.41) is 15.0. The maximum atomic E-state index is 9.13. The van der Waals surface area contributed by atoms with Crippen LogP contribution in [0.2, 0.25) is 0 Å². The summed E-state index contributed by atoms with van der Waals surface area (Å²) in [4.78, 5) is 18.3. The molecule has 0 aliphatic heterocycles. The van der Waals surface area contributed by atoms with Gasteiger partial charge in [0.2, 0.25) is 0 Å². The van der Waals surface area contributed by atoms with Crippen LogP contribution < -0.4 is 22.5 Å². The molecule has 2 amide bonds. The van der Waals surface area contributed by atoms with Gasteiger partial charge in [-0.3, -0.25) is 10.9 Å². The Hall–Kier alpha value is -1.54. The van der Waals surface area contributed by atoms with Gasteiger partial charge in [0.25, 0.3) is 0 Å². The number of rotatable bonds is 0. The molecule has 0 rings (SSSR count). The van der Waals surface area contributed by atoms with Gasteiger partial charge in [-0.2, -0.15) is 0 Å². The Balaban J connectivity index is 0. The molecule has 0 saturated heterocycles. The van der Waals surface area contributed by atoms with Gasteiger partial charge in [0.1, 0.15) is 0 Å². The number of carboxylic acid groups (broad SMARTS) is 2. The molecule has 0 spiro atoms. The fourth-order valence-electron chi connectivity index (χ4n) is 0. The molecule has 0 fully saturated rings. The Bertz CT molecular complexity index is 99.8. The van der Waals surface area contributed by atoms with E-state index < -0.39 is 12.2 Å². The molecule has 0 unspecified atom stereocenters. The van der Waals surface area contributed by atoms with Crippen LogP contribution in [-0.4, -0.2) is 22.4 Å². The van der Waals surface area contributed by atoms with Crippen LogP contribution in [-0.2, 0) is 0 Å². The molecule has 0 aromatic heterocycles. The van der Waals surface area contributed by atoms with Crippen LogP contribution in [0.5, 0.6) is 0 Å². The van der Waals surface area contributed by atoms with Crippen molar-refractivity contribution in [3.8, 4) is 0 Å². The number of carbonyl (C=O) groups is 2. The van der Waals surface area contributed by atoms with Gasteiger partial charge in [0, 0.05) is 0 Å². The molecule has 0 radical (unpaired) electrons. The number of nitrogens with two attached hydrogens (primary N) is 2. The first-order valence-electron chi connectivity index (χ1n) is 1.93. The van der Waals surface area contributed by atoms with Crippen LogP contribution in [0.15, 0.2) is 0 Å². The highest BCUT2D eigenvalue weighted by molar-refractivity contribution is 5.63. The fraction of sp³-hybridized carbons (Fsp3) is 0. The third kappa shape index (κ3) is 31.8. The molecular formula is C2H8N4O4. The van der Waals surface area contributed by atoms with E-state index in [1.54, 1.807) is 0 Å². The first kappa shape index (κ1) is 11.3. The average Bonchev–Trinajstić information content (AvgIpc) is 1.89. The van der Waals surface area contributed by atoms with Crippen molar-refractivity contribution < 1.29 is 19.8 Å². The molecule has 0 heterocycles. The molecular weight excluding hydrogens is 144 g/mol. The predicted octanol–water partition coefficient (Wildman–Crippen LogP) is -1.74. The summed E-state index contributed by atoms with van der Waals surface area (Å²) < 4.78 is 0. The quantitative estimate of drug-likeness (QED) is 0.138. The molecule has 0 aromatic rings. The topological polar surface area (TPSA) is 151 Å². The van der Waals surface area contributed by atoms with E-state index in [1.807, 2.05) is 0 Å². The van der Waals surface area contributed by atoms with Crippen molar-refractivity contribution in [2.24, 2.45) is 11.7 Å². The zero-order chi connectivity index (χ0) is 8.57. The number of hydrogen-bond acceptors (Lipinski definition) is 4. The van der Waals surface area contributed by atoms with Crippen molar-refractivity contribution in [1.29, 1.82) is 0 Å². The third-order valence-corrected chi connectivity index (χ3v) is 0.247. The summed E-state index contributed by atoms with van der Waals surface area (Å²) in [5.41, 5.74) is 2.89. The average molecular weight is 152 g/mol. The fourth-order valence-corrected chi connectivity index (χ4v) is 0. The maximum Gasteiger partial charge on any atom is 0.418 e. The third-order valence-electron chi connectivity index (χ3n) is 0.247. The molecule has 0 saturated carbocycles. The van der Waals surface area contributed by atoms with E-state index >= 15 is 0 Å². The molecule has 0 aliphatic carbocycles. The van der Waals surface area contributed by atoms with Crippen LogP contribution >= 0.6 is 0 Å². The van der Waals surface area contributed by atoms with E-state index in [9.17, 15) is 0 Å². The minimum absolute atomic E-state index is 1.22. The van der Waals surface area contributed by atoms with Crippen molar-refractivity contribution in [1.82, 2.24) is 10.9 Å². The molecule has 10 heavy (non-hydrogen) atoms. The van der Waals surface area contributed by atoms with E-state index in [0.29, 0.717) is 0 Å². The first-order valence-corrected chi connectivity index (χ1v) is 1.93. The molecule has 8 N–H and O–H groups in total. The van der Waals surface area contributed by atoms with Crippen LogP contribution in [0.4, 0.5) is 9.59 Å². The van der Waals surface area contributed by atoms with Gasteiger partial charge < -0.3 is 10.2 Å². The second-order valence-electron chi connectivity index (χ2n) is 0.899. The predicted molar refractivity (Wildman–Crippen MR) is 30.7 cm³/mol. The summed E-state index contributed by atoms with van der Waals surface area (Å²) >= 11 is 0. The van der Waals surface area contributed by atoms with E-state index in [0.717, 1.165) is 0 Å². The molecule has 0 aliphatic rings. The lowest BCUT2D eigenvalue weighted by Crippen LogP contribution is -2.27. The number of hydrazine groups is 2. The van der Waals surface area contributed by atoms with Gasteiger partial charge in [-0.25, -0.2) is 21.3 Å². The van der Waals surface area contributed by atoms with E-state index in [-0.39, 0.29) is 0 Å². The summed E-state index contributed by atoms with van der Waals surface area (Å²) in [5.74, 6) is 8.64. The normalized spacial score (nSPS) is 6.60. The van der Waals surface area contributed by atoms with Gasteiger partial charge in [-0.1, -0.05) is 0 Å². The Kier molecular flexibility index (Phi) is 8.42. The molecule has 0 bridgehead atoms. The molecule has 60 valence electrons. The van der Waals surface area contributed by atoms with Gasteiger partial charge >= 0.3 is 12.2 Å². The minimum atomic E-state index is -1.22. The zero-order valence-electron chi connectivity index (χ0n) is 4.87. The highest BCUT2D eigenvalue weighted by atomic mass is 16.4. The van der Waals surface area contributed by atoms with Crippen LogP contribution in [0.25, 0.3) is 0 Å². The summed E-state index contributed by atoms with van der Waals surface area (Å²) in [7, 11) is 0. The highest BCUT2D eigenvalue weighted by Gasteiger charge is 1.78. The number of hydrogen-bond donors (Lipinski definition) is 6. The molecule has 8 nitrogen and oxygen atoms in total. The monoisotopic (exact) mass is 152 g/mol. The van der Waals surface area contributed by atoms with Gasteiger partial charge in [0.15, 0.2) is 0 Å². The van der Waals surface area contributed by atoms with Gasteiger partial charge in [-0.05, 0) is 0 Å². The zero-order valence-corrected chi connectivity index (χ0v) is 4.87. The summed E-state index contributed by atoms with van der Waals surface area (Å²) in [6, 6.07) is 0. The van der Waals surface area contributed by atoms with E-state index in [4.69, 9.17) is 19.8 Å². The Morgan fingerprint density at radius 2 is 1.10 bits per heavy atom. The summed E-state index contributed by atoms with van der Waals surface area (Å²) in [6.07, 6.45) is -2.44. The maximum absolute atomic E-state index is 9.13. The van der Waals surface area contributed by atoms with Crippen LogP contribution in [0, 0.1) is 0 Å². The van der Waals surface area contributed by atoms with Crippen molar-refractivity contribution in [3.63, 3.8) is 0 Å². The van der Waals surface area contributed by atoms with Gasteiger partial charge in [-0.15, -0.1) is 0 Å². The van der Waals surface area contributed by atoms with E-state index in [1.165, 1.54) is 10.9 Å².